The molecule has 0 radical (unpaired) electrons. The van der Waals surface area contributed by atoms with E-state index < -0.39 is 35.9 Å². The Bertz CT molecular complexity index is 1390. The van der Waals surface area contributed by atoms with E-state index in [-0.39, 0.29) is 12.5 Å². The number of carbonyl (C=O) groups excluding carboxylic acids is 1. The van der Waals surface area contributed by atoms with E-state index in [2.05, 4.69) is 36.3 Å². The maximum atomic E-state index is 13.7. The first kappa shape index (κ1) is 29.0. The Labute approximate surface area is 254 Å². The SMILES string of the molecule is CCN(CC1CCC1)C(=O)c1ncc(Br)cc1S[C@H]1OC2C(O)CO[C@@H]2C(n2cc(-n3ccc(Cl)n3)nn2)C1OC. The van der Waals surface area contributed by atoms with Gasteiger partial charge in [-0.15, -0.1) is 5.10 Å². The number of amides is 1. The predicted molar refractivity (Wildman–Crippen MR) is 153 cm³/mol. The van der Waals surface area contributed by atoms with Gasteiger partial charge in [-0.2, -0.15) is 5.10 Å². The van der Waals surface area contributed by atoms with E-state index in [1.165, 1.54) is 22.9 Å². The molecule has 3 fully saturated rings. The van der Waals surface area contributed by atoms with Crippen molar-refractivity contribution in [3.8, 4) is 5.82 Å². The molecule has 2 saturated heterocycles. The molecule has 4 unspecified atom stereocenters. The molecule has 0 aromatic carbocycles. The Balaban J connectivity index is 1.31. The molecule has 1 saturated carbocycles. The standard InChI is InChI=1S/C26H31BrClN7O5S/c1-3-33(11-14-5-4-6-14)25(37)20-17(9-15(27)10-29-20)41-26-24(38-2)21(23-22(40-26)16(36)13-39-23)35-12-19(30-32-35)34-8-7-18(28)31-34/h7-10,12,14,16,21-24,26,36H,3-6,11,13H2,1-2H3/t16?,21?,22?,23-,24?,26-/m1/s1. The molecular formula is C26H31BrClN7O5S. The van der Waals surface area contributed by atoms with Crippen molar-refractivity contribution in [3.05, 3.63) is 46.0 Å². The third-order valence-electron chi connectivity index (χ3n) is 7.90. The van der Waals surface area contributed by atoms with E-state index in [0.717, 1.165) is 23.9 Å². The molecule has 1 aliphatic carbocycles. The summed E-state index contributed by atoms with van der Waals surface area (Å²) in [7, 11) is 1.59. The summed E-state index contributed by atoms with van der Waals surface area (Å²) < 4.78 is 22.3. The number of halogens is 2. The number of ether oxygens (including phenoxy) is 3. The molecule has 5 heterocycles. The van der Waals surface area contributed by atoms with Crippen molar-refractivity contribution in [1.82, 2.24) is 34.7 Å². The summed E-state index contributed by atoms with van der Waals surface area (Å²) in [5, 5.41) is 23.9. The number of aromatic nitrogens is 6. The average Bonchev–Trinajstić information content (AvgIpc) is 3.68. The quantitative estimate of drug-likeness (QED) is 0.362. The van der Waals surface area contributed by atoms with Crippen molar-refractivity contribution in [2.24, 2.45) is 5.92 Å². The van der Waals surface area contributed by atoms with E-state index in [1.807, 2.05) is 17.9 Å². The lowest BCUT2D eigenvalue weighted by molar-refractivity contribution is -0.170. The fraction of sp³-hybridized carbons (Fsp3) is 0.577. The normalized spacial score (nSPS) is 27.9. The van der Waals surface area contributed by atoms with Crippen molar-refractivity contribution in [2.45, 2.75) is 67.0 Å². The van der Waals surface area contributed by atoms with Gasteiger partial charge in [-0.25, -0.2) is 14.3 Å². The Morgan fingerprint density at radius 1 is 1.37 bits per heavy atom. The lowest BCUT2D eigenvalue weighted by Crippen LogP contribution is -2.55. The van der Waals surface area contributed by atoms with Crippen LogP contribution in [0.1, 0.15) is 42.7 Å². The third-order valence-corrected chi connectivity index (χ3v) is 9.71. The van der Waals surface area contributed by atoms with Crippen LogP contribution in [-0.4, -0.2) is 102 Å². The molecule has 1 N–H and O–H groups in total. The molecule has 12 nitrogen and oxygen atoms in total. The van der Waals surface area contributed by atoms with Gasteiger partial charge in [0.15, 0.2) is 11.0 Å². The Kier molecular flexibility index (Phi) is 8.69. The van der Waals surface area contributed by atoms with Crippen molar-refractivity contribution in [2.75, 3.05) is 26.8 Å². The van der Waals surface area contributed by atoms with Crippen LogP contribution in [0.2, 0.25) is 5.15 Å². The Hall–Kier alpha value is -2.07. The molecule has 3 aromatic heterocycles. The minimum Gasteiger partial charge on any atom is -0.388 e. The maximum Gasteiger partial charge on any atom is 0.273 e. The first-order chi connectivity index (χ1) is 19.9. The van der Waals surface area contributed by atoms with E-state index in [9.17, 15) is 9.90 Å². The second kappa shape index (κ2) is 12.3. The second-order valence-corrected chi connectivity index (χ2v) is 12.9. The van der Waals surface area contributed by atoms with Gasteiger partial charge in [-0.1, -0.05) is 35.0 Å². The molecule has 1 amide bonds. The summed E-state index contributed by atoms with van der Waals surface area (Å²) in [6.07, 6.45) is 5.97. The molecule has 6 rings (SSSR count). The molecule has 6 atom stereocenters. The topological polar surface area (TPSA) is 130 Å². The summed E-state index contributed by atoms with van der Waals surface area (Å²) >= 11 is 10.8. The van der Waals surface area contributed by atoms with Crippen molar-refractivity contribution >= 4 is 45.2 Å². The molecule has 15 heteroatoms. The number of thioether (sulfide) groups is 1. The lowest BCUT2D eigenvalue weighted by atomic mass is 9.85. The van der Waals surface area contributed by atoms with E-state index in [1.54, 1.807) is 36.4 Å². The number of methoxy groups -OCH3 is 1. The molecule has 41 heavy (non-hydrogen) atoms. The number of aliphatic hydroxyl groups excluding tert-OH is 1. The van der Waals surface area contributed by atoms with Crippen LogP contribution in [0.3, 0.4) is 0 Å². The highest BCUT2D eigenvalue weighted by molar-refractivity contribution is 9.10. The minimum atomic E-state index is -0.837. The Morgan fingerprint density at radius 3 is 2.88 bits per heavy atom. The van der Waals surface area contributed by atoms with Gasteiger partial charge < -0.3 is 24.2 Å². The lowest BCUT2D eigenvalue weighted by Gasteiger charge is -2.43. The summed E-state index contributed by atoms with van der Waals surface area (Å²) in [5.74, 6) is 0.890. The molecule has 0 spiro atoms. The van der Waals surface area contributed by atoms with Crippen molar-refractivity contribution < 1.29 is 24.1 Å². The Morgan fingerprint density at radius 2 is 2.20 bits per heavy atom. The summed E-state index contributed by atoms with van der Waals surface area (Å²) in [5.41, 5.74) is -0.267. The monoisotopic (exact) mass is 667 g/mol. The smallest absolute Gasteiger partial charge is 0.273 e. The zero-order valence-electron chi connectivity index (χ0n) is 22.5. The molecular weight excluding hydrogens is 638 g/mol. The first-order valence-electron chi connectivity index (χ1n) is 13.6. The average molecular weight is 669 g/mol. The second-order valence-electron chi connectivity index (χ2n) is 10.4. The largest absolute Gasteiger partial charge is 0.388 e. The number of rotatable bonds is 9. The summed E-state index contributed by atoms with van der Waals surface area (Å²) in [6, 6.07) is 3.03. The van der Waals surface area contributed by atoms with Gasteiger partial charge in [-0.05, 0) is 53.7 Å². The van der Waals surface area contributed by atoms with E-state index in [4.69, 9.17) is 25.8 Å². The van der Waals surface area contributed by atoms with Gasteiger partial charge in [0.25, 0.3) is 5.91 Å². The van der Waals surface area contributed by atoms with Crippen LogP contribution in [-0.2, 0) is 14.2 Å². The number of aliphatic hydroxyl groups is 1. The van der Waals surface area contributed by atoms with Crippen LogP contribution < -0.4 is 0 Å². The molecule has 2 aliphatic heterocycles. The van der Waals surface area contributed by atoms with Crippen LogP contribution in [0.5, 0.6) is 0 Å². The van der Waals surface area contributed by atoms with Crippen LogP contribution in [0.4, 0.5) is 0 Å². The van der Waals surface area contributed by atoms with Gasteiger partial charge in [0.1, 0.15) is 41.6 Å². The highest BCUT2D eigenvalue weighted by atomic mass is 79.9. The van der Waals surface area contributed by atoms with Gasteiger partial charge in [0.2, 0.25) is 0 Å². The highest BCUT2D eigenvalue weighted by Gasteiger charge is 2.54. The van der Waals surface area contributed by atoms with E-state index in [0.29, 0.717) is 34.0 Å². The number of fused-ring (bicyclic) bond motifs is 1. The van der Waals surface area contributed by atoms with Crippen molar-refractivity contribution in [1.29, 1.82) is 0 Å². The van der Waals surface area contributed by atoms with Gasteiger partial charge >= 0.3 is 0 Å². The van der Waals surface area contributed by atoms with Crippen LogP contribution in [0.15, 0.2) is 40.1 Å². The number of pyridine rings is 1. The molecule has 3 aliphatic rings. The number of hydrogen-bond donors (Lipinski definition) is 1. The van der Waals surface area contributed by atoms with Gasteiger partial charge in [0, 0.05) is 42.0 Å². The van der Waals surface area contributed by atoms with E-state index >= 15 is 0 Å². The summed E-state index contributed by atoms with van der Waals surface area (Å²) in [4.78, 5) is 20.8. The molecule has 3 aromatic rings. The van der Waals surface area contributed by atoms with Gasteiger partial charge in [-0.3, -0.25) is 4.79 Å². The molecule has 220 valence electrons. The fourth-order valence-corrected chi connectivity index (χ4v) is 7.45. The minimum absolute atomic E-state index is 0.114. The van der Waals surface area contributed by atoms with Crippen LogP contribution in [0, 0.1) is 5.92 Å². The number of hydrogen-bond acceptors (Lipinski definition) is 10. The fourth-order valence-electron chi connectivity index (χ4n) is 5.54. The maximum absolute atomic E-state index is 13.7. The zero-order valence-corrected chi connectivity index (χ0v) is 25.7. The molecule has 0 bridgehead atoms. The van der Waals surface area contributed by atoms with Gasteiger partial charge in [0.05, 0.1) is 12.8 Å². The highest BCUT2D eigenvalue weighted by Crippen LogP contribution is 2.44. The first-order valence-corrected chi connectivity index (χ1v) is 15.6. The predicted octanol–water partition coefficient (Wildman–Crippen LogP) is 3.37. The third kappa shape index (κ3) is 5.79. The number of nitrogens with zero attached hydrogens (tertiary/aromatic N) is 7. The van der Waals surface area contributed by atoms with Crippen LogP contribution >= 0.6 is 39.3 Å². The summed E-state index contributed by atoms with van der Waals surface area (Å²) in [6.45, 7) is 3.43. The zero-order chi connectivity index (χ0) is 28.7. The number of carbonyl (C=O) groups is 1. The van der Waals surface area contributed by atoms with Crippen molar-refractivity contribution in [3.63, 3.8) is 0 Å². The van der Waals surface area contributed by atoms with Crippen LogP contribution in [0.25, 0.3) is 5.82 Å².